The van der Waals surface area contributed by atoms with E-state index in [-0.39, 0.29) is 10.5 Å². The summed E-state index contributed by atoms with van der Waals surface area (Å²) in [6.45, 7) is 6.83. The Kier molecular flexibility index (Phi) is 5.66. The van der Waals surface area contributed by atoms with Crippen molar-refractivity contribution in [1.29, 1.82) is 0 Å². The van der Waals surface area contributed by atoms with Gasteiger partial charge in [-0.05, 0) is 92.6 Å². The SMILES string of the molecule is CC1(C)CCc2cc(S(=O)(=O)Nc3ccc4c(c3)CCN(Cc3ccn[nH]3)CC4)ccc2O1. The predicted octanol–water partition coefficient (Wildman–Crippen LogP) is 3.91. The van der Waals surface area contributed by atoms with E-state index in [1.54, 1.807) is 24.4 Å². The molecule has 0 aliphatic carbocycles. The van der Waals surface area contributed by atoms with Gasteiger partial charge in [0, 0.05) is 37.2 Å². The van der Waals surface area contributed by atoms with Crippen molar-refractivity contribution in [1.82, 2.24) is 15.1 Å². The largest absolute Gasteiger partial charge is 0.488 e. The maximum Gasteiger partial charge on any atom is 0.261 e. The molecule has 0 radical (unpaired) electrons. The molecule has 0 atom stereocenters. The number of sulfonamides is 1. The summed E-state index contributed by atoms with van der Waals surface area (Å²) >= 11 is 0. The summed E-state index contributed by atoms with van der Waals surface area (Å²) in [4.78, 5) is 2.67. The Morgan fingerprint density at radius 3 is 2.64 bits per heavy atom. The van der Waals surface area contributed by atoms with Crippen LogP contribution in [0.1, 0.15) is 42.7 Å². The lowest BCUT2D eigenvalue weighted by Crippen LogP contribution is -2.32. The molecule has 0 unspecified atom stereocenters. The van der Waals surface area contributed by atoms with Crippen molar-refractivity contribution < 1.29 is 13.2 Å². The van der Waals surface area contributed by atoms with Gasteiger partial charge in [-0.25, -0.2) is 8.42 Å². The first kappa shape index (κ1) is 22.0. The summed E-state index contributed by atoms with van der Waals surface area (Å²) in [5, 5.41) is 7.05. The second-order valence-corrected chi connectivity index (χ2v) is 11.3. The fourth-order valence-electron chi connectivity index (χ4n) is 4.62. The van der Waals surface area contributed by atoms with Gasteiger partial charge in [0.15, 0.2) is 0 Å². The highest BCUT2D eigenvalue weighted by Crippen LogP contribution is 2.34. The first-order chi connectivity index (χ1) is 15.8. The number of rotatable bonds is 5. The number of fused-ring (bicyclic) bond motifs is 2. The fourth-order valence-corrected chi connectivity index (χ4v) is 5.72. The minimum Gasteiger partial charge on any atom is -0.488 e. The first-order valence-electron chi connectivity index (χ1n) is 11.4. The molecule has 174 valence electrons. The molecular weight excluding hydrogens is 436 g/mol. The van der Waals surface area contributed by atoms with Gasteiger partial charge in [0.1, 0.15) is 11.4 Å². The Hall–Kier alpha value is -2.84. The van der Waals surface area contributed by atoms with Crippen LogP contribution in [-0.4, -0.2) is 42.2 Å². The minimum absolute atomic E-state index is 0.221. The molecule has 2 aliphatic rings. The van der Waals surface area contributed by atoms with Crippen LogP contribution in [0.25, 0.3) is 0 Å². The molecule has 0 saturated carbocycles. The van der Waals surface area contributed by atoms with Crippen molar-refractivity contribution in [2.24, 2.45) is 0 Å². The molecule has 0 fully saturated rings. The number of benzene rings is 2. The molecule has 3 heterocycles. The van der Waals surface area contributed by atoms with Crippen molar-refractivity contribution in [2.75, 3.05) is 17.8 Å². The van der Waals surface area contributed by atoms with E-state index in [2.05, 4.69) is 39.7 Å². The minimum atomic E-state index is -3.68. The highest BCUT2D eigenvalue weighted by molar-refractivity contribution is 7.92. The van der Waals surface area contributed by atoms with Crippen molar-refractivity contribution >= 4 is 15.7 Å². The van der Waals surface area contributed by atoms with E-state index >= 15 is 0 Å². The van der Waals surface area contributed by atoms with Gasteiger partial charge >= 0.3 is 0 Å². The third-order valence-electron chi connectivity index (χ3n) is 6.53. The smallest absolute Gasteiger partial charge is 0.261 e. The van der Waals surface area contributed by atoms with Crippen molar-refractivity contribution in [2.45, 2.75) is 56.6 Å². The van der Waals surface area contributed by atoms with Crippen LogP contribution < -0.4 is 9.46 Å². The molecule has 0 bridgehead atoms. The average Bonchev–Trinajstić information content (AvgIpc) is 3.20. The van der Waals surface area contributed by atoms with E-state index < -0.39 is 10.0 Å². The van der Waals surface area contributed by atoms with Gasteiger partial charge in [0.05, 0.1) is 4.90 Å². The van der Waals surface area contributed by atoms with Gasteiger partial charge in [-0.15, -0.1) is 0 Å². The Bertz CT molecular complexity index is 1250. The molecule has 0 spiro atoms. The molecule has 0 amide bonds. The Morgan fingerprint density at radius 1 is 1.03 bits per heavy atom. The van der Waals surface area contributed by atoms with Crippen LogP contribution in [-0.2, 0) is 35.8 Å². The van der Waals surface area contributed by atoms with Crippen molar-refractivity contribution in [3.05, 3.63) is 71.0 Å². The number of ether oxygens (including phenoxy) is 1. The number of aryl methyl sites for hydroxylation is 1. The molecule has 1 aromatic heterocycles. The zero-order chi connectivity index (χ0) is 23.1. The van der Waals surface area contributed by atoms with Gasteiger partial charge in [0.25, 0.3) is 10.0 Å². The summed E-state index contributed by atoms with van der Waals surface area (Å²) in [6.07, 6.45) is 5.26. The predicted molar refractivity (Wildman–Crippen MR) is 128 cm³/mol. The molecule has 33 heavy (non-hydrogen) atoms. The molecule has 7 nitrogen and oxygen atoms in total. The van der Waals surface area contributed by atoms with E-state index in [4.69, 9.17) is 4.74 Å². The number of H-pyrrole nitrogens is 1. The molecule has 0 saturated heterocycles. The zero-order valence-corrected chi connectivity index (χ0v) is 19.9. The first-order valence-corrected chi connectivity index (χ1v) is 12.9. The number of anilines is 1. The maximum atomic E-state index is 13.1. The van der Waals surface area contributed by atoms with Crippen LogP contribution in [0, 0.1) is 0 Å². The van der Waals surface area contributed by atoms with Gasteiger partial charge in [-0.1, -0.05) is 6.07 Å². The van der Waals surface area contributed by atoms with Crippen molar-refractivity contribution in [3.8, 4) is 5.75 Å². The third-order valence-corrected chi connectivity index (χ3v) is 7.91. The average molecular weight is 467 g/mol. The van der Waals surface area contributed by atoms with Crippen LogP contribution in [0.3, 0.4) is 0 Å². The Balaban J connectivity index is 1.30. The highest BCUT2D eigenvalue weighted by Gasteiger charge is 2.28. The molecule has 5 rings (SSSR count). The number of nitrogens with one attached hydrogen (secondary N) is 2. The fraction of sp³-hybridized carbons (Fsp3) is 0.400. The third kappa shape index (κ3) is 4.91. The lowest BCUT2D eigenvalue weighted by atomic mass is 9.94. The monoisotopic (exact) mass is 466 g/mol. The van der Waals surface area contributed by atoms with Crippen LogP contribution in [0.15, 0.2) is 53.6 Å². The van der Waals surface area contributed by atoms with Gasteiger partial charge in [0.2, 0.25) is 0 Å². The molecule has 2 aromatic carbocycles. The second kappa shape index (κ2) is 8.50. The van der Waals surface area contributed by atoms with E-state index in [1.165, 1.54) is 11.1 Å². The van der Waals surface area contributed by atoms with E-state index in [0.29, 0.717) is 5.69 Å². The number of hydrogen-bond acceptors (Lipinski definition) is 5. The van der Waals surface area contributed by atoms with Crippen LogP contribution in [0.2, 0.25) is 0 Å². The number of hydrogen-bond donors (Lipinski definition) is 2. The topological polar surface area (TPSA) is 87.3 Å². The zero-order valence-electron chi connectivity index (χ0n) is 19.1. The van der Waals surface area contributed by atoms with Gasteiger partial charge in [-0.3, -0.25) is 14.7 Å². The summed E-state index contributed by atoms with van der Waals surface area (Å²) in [5.74, 6) is 0.773. The summed E-state index contributed by atoms with van der Waals surface area (Å²) in [7, 11) is -3.68. The lowest BCUT2D eigenvalue weighted by molar-refractivity contribution is 0.0845. The maximum absolute atomic E-state index is 13.1. The molecule has 3 aromatic rings. The molecule has 8 heteroatoms. The molecule has 2 N–H and O–H groups in total. The Morgan fingerprint density at radius 2 is 1.85 bits per heavy atom. The van der Waals surface area contributed by atoms with E-state index in [0.717, 1.165) is 62.3 Å². The lowest BCUT2D eigenvalue weighted by Gasteiger charge is -2.32. The summed E-state index contributed by atoms with van der Waals surface area (Å²) in [5.41, 5.74) is 4.90. The molecule has 2 aliphatic heterocycles. The normalized spacial score (nSPS) is 18.0. The summed E-state index contributed by atoms with van der Waals surface area (Å²) < 4.78 is 35.0. The van der Waals surface area contributed by atoms with Crippen molar-refractivity contribution in [3.63, 3.8) is 0 Å². The standard InChI is InChI=1S/C25H30N4O3S/c1-25(2)11-7-20-16-23(5-6-24(20)32-25)33(30,31)28-21-4-3-18-9-13-29(14-10-19(18)15-21)17-22-8-12-26-27-22/h3-6,8,12,15-16,28H,7,9-11,13-14,17H2,1-2H3,(H,26,27). The number of aromatic nitrogens is 2. The number of aromatic amines is 1. The summed E-state index contributed by atoms with van der Waals surface area (Å²) in [6, 6.07) is 13.0. The quantitative estimate of drug-likeness (QED) is 0.595. The van der Waals surface area contributed by atoms with Crippen LogP contribution >= 0.6 is 0 Å². The van der Waals surface area contributed by atoms with Gasteiger partial charge < -0.3 is 4.74 Å². The van der Waals surface area contributed by atoms with Crippen LogP contribution in [0.4, 0.5) is 5.69 Å². The van der Waals surface area contributed by atoms with E-state index in [9.17, 15) is 8.42 Å². The van der Waals surface area contributed by atoms with Crippen LogP contribution in [0.5, 0.6) is 5.75 Å². The highest BCUT2D eigenvalue weighted by atomic mass is 32.2. The van der Waals surface area contributed by atoms with E-state index in [1.807, 2.05) is 18.2 Å². The van der Waals surface area contributed by atoms with Gasteiger partial charge in [-0.2, -0.15) is 5.10 Å². The second-order valence-electron chi connectivity index (χ2n) is 9.58. The number of nitrogens with zero attached hydrogens (tertiary/aromatic N) is 2. The molecular formula is C25H30N4O3S. The Labute approximate surface area is 195 Å².